The fourth-order valence-corrected chi connectivity index (χ4v) is 1.12. The van der Waals surface area contributed by atoms with Gasteiger partial charge in [-0.25, -0.2) is 0 Å². The predicted molar refractivity (Wildman–Crippen MR) is 64.0 cm³/mol. The summed E-state index contributed by atoms with van der Waals surface area (Å²) in [4.78, 5) is 0. The molecule has 0 radical (unpaired) electrons. The van der Waals surface area contributed by atoms with Crippen molar-refractivity contribution in [1.82, 2.24) is 0 Å². The van der Waals surface area contributed by atoms with Crippen LogP contribution in [-0.4, -0.2) is 5.84 Å². The van der Waals surface area contributed by atoms with E-state index >= 15 is 0 Å². The van der Waals surface area contributed by atoms with Crippen LogP contribution < -0.4 is 11.1 Å². The van der Waals surface area contributed by atoms with E-state index in [1.807, 2.05) is 0 Å². The zero-order valence-electron chi connectivity index (χ0n) is 8.48. The Bertz CT molecular complexity index is 454. The minimum absolute atomic E-state index is 0.218. The second-order valence-corrected chi connectivity index (χ2v) is 3.98. The number of rotatable bonds is 3. The number of amidine groups is 1. The molecule has 0 amide bonds. The van der Waals surface area contributed by atoms with Crippen LogP contribution >= 0.6 is 15.9 Å². The maximum absolute atomic E-state index is 12.4. The van der Waals surface area contributed by atoms with Gasteiger partial charge in [-0.2, -0.15) is 13.2 Å². The number of halogens is 4. The lowest BCUT2D eigenvalue weighted by Gasteiger charge is -2.08. The van der Waals surface area contributed by atoms with Crippen molar-refractivity contribution < 1.29 is 13.2 Å². The first kappa shape index (κ1) is 13.6. The lowest BCUT2D eigenvalue weighted by atomic mass is 10.2. The van der Waals surface area contributed by atoms with E-state index in [9.17, 15) is 13.2 Å². The van der Waals surface area contributed by atoms with Crippen LogP contribution in [0.15, 0.2) is 34.9 Å². The van der Waals surface area contributed by atoms with Gasteiger partial charge in [0.1, 0.15) is 5.84 Å². The SMILES string of the molecule is N=C(N)/C(Br)=C\Nc1cccc(C(F)(F)F)c1. The third kappa shape index (κ3) is 4.10. The first-order valence-corrected chi connectivity index (χ1v) is 5.24. The average molecular weight is 308 g/mol. The van der Waals surface area contributed by atoms with E-state index in [2.05, 4.69) is 21.2 Å². The van der Waals surface area contributed by atoms with Crippen LogP contribution in [0.3, 0.4) is 0 Å². The monoisotopic (exact) mass is 307 g/mol. The first-order valence-electron chi connectivity index (χ1n) is 4.44. The minimum Gasteiger partial charge on any atom is -0.383 e. The summed E-state index contributed by atoms with van der Waals surface area (Å²) in [5.74, 6) is -0.218. The lowest BCUT2D eigenvalue weighted by Crippen LogP contribution is -2.10. The van der Waals surface area contributed by atoms with Crippen LogP contribution in [0.5, 0.6) is 0 Å². The molecule has 0 spiro atoms. The van der Waals surface area contributed by atoms with Crippen molar-refractivity contribution in [2.75, 3.05) is 5.32 Å². The van der Waals surface area contributed by atoms with Crippen molar-refractivity contribution >= 4 is 27.5 Å². The van der Waals surface area contributed by atoms with Gasteiger partial charge in [-0.15, -0.1) is 0 Å². The molecule has 0 bridgehead atoms. The molecule has 17 heavy (non-hydrogen) atoms. The molecule has 0 aliphatic rings. The summed E-state index contributed by atoms with van der Waals surface area (Å²) in [5.41, 5.74) is 4.67. The Morgan fingerprint density at radius 3 is 2.59 bits per heavy atom. The van der Waals surface area contributed by atoms with Crippen LogP contribution in [0.2, 0.25) is 0 Å². The van der Waals surface area contributed by atoms with E-state index in [0.29, 0.717) is 0 Å². The average Bonchev–Trinajstić information content (AvgIpc) is 2.25. The quantitative estimate of drug-likeness (QED) is 0.593. The highest BCUT2D eigenvalue weighted by Gasteiger charge is 2.30. The lowest BCUT2D eigenvalue weighted by molar-refractivity contribution is -0.137. The summed E-state index contributed by atoms with van der Waals surface area (Å²) in [5, 5.41) is 9.66. The summed E-state index contributed by atoms with van der Waals surface area (Å²) in [6.07, 6.45) is -3.07. The molecule has 0 saturated heterocycles. The predicted octanol–water partition coefficient (Wildman–Crippen LogP) is 3.29. The Hall–Kier alpha value is -1.50. The molecular weight excluding hydrogens is 299 g/mol. The number of hydrogen-bond donors (Lipinski definition) is 3. The highest BCUT2D eigenvalue weighted by molar-refractivity contribution is 9.12. The van der Waals surface area contributed by atoms with Crippen LogP contribution in [0.25, 0.3) is 0 Å². The number of benzene rings is 1. The standard InChI is InChI=1S/C10H9BrF3N3/c11-8(9(15)16)5-17-7-3-1-2-6(4-7)10(12,13)14/h1-5,17H,(H3,15,16)/b8-5+. The Morgan fingerprint density at radius 1 is 1.41 bits per heavy atom. The highest BCUT2D eigenvalue weighted by atomic mass is 79.9. The van der Waals surface area contributed by atoms with E-state index in [-0.39, 0.29) is 16.0 Å². The van der Waals surface area contributed by atoms with Crippen molar-refractivity contribution in [1.29, 1.82) is 5.41 Å². The topological polar surface area (TPSA) is 61.9 Å². The molecule has 4 N–H and O–H groups in total. The van der Waals surface area contributed by atoms with Crippen molar-refractivity contribution in [3.8, 4) is 0 Å². The maximum Gasteiger partial charge on any atom is 0.416 e. The molecule has 1 aromatic carbocycles. The summed E-state index contributed by atoms with van der Waals surface area (Å²) in [6.45, 7) is 0. The van der Waals surface area contributed by atoms with Gasteiger partial charge in [0.05, 0.1) is 10.0 Å². The van der Waals surface area contributed by atoms with Crippen LogP contribution in [0.4, 0.5) is 18.9 Å². The Kier molecular flexibility index (Phi) is 4.17. The van der Waals surface area contributed by atoms with E-state index in [4.69, 9.17) is 11.1 Å². The number of hydrogen-bond acceptors (Lipinski definition) is 2. The Morgan fingerprint density at radius 2 is 2.06 bits per heavy atom. The molecule has 0 unspecified atom stereocenters. The van der Waals surface area contributed by atoms with E-state index in [1.165, 1.54) is 18.3 Å². The van der Waals surface area contributed by atoms with Gasteiger partial charge in [0.2, 0.25) is 0 Å². The minimum atomic E-state index is -4.38. The third-order valence-corrected chi connectivity index (χ3v) is 2.47. The second kappa shape index (κ2) is 5.22. The van der Waals surface area contributed by atoms with Crippen molar-refractivity contribution in [2.45, 2.75) is 6.18 Å². The van der Waals surface area contributed by atoms with Gasteiger partial charge < -0.3 is 11.1 Å². The van der Waals surface area contributed by atoms with Crippen LogP contribution in [-0.2, 0) is 6.18 Å². The van der Waals surface area contributed by atoms with Gasteiger partial charge >= 0.3 is 6.18 Å². The van der Waals surface area contributed by atoms with Gasteiger partial charge in [0.15, 0.2) is 0 Å². The van der Waals surface area contributed by atoms with Gasteiger partial charge in [-0.05, 0) is 34.1 Å². The highest BCUT2D eigenvalue weighted by Crippen LogP contribution is 2.30. The molecule has 0 aliphatic carbocycles. The molecule has 7 heteroatoms. The zero-order chi connectivity index (χ0) is 13.1. The molecule has 0 fully saturated rings. The van der Waals surface area contributed by atoms with E-state index < -0.39 is 11.7 Å². The van der Waals surface area contributed by atoms with E-state index in [0.717, 1.165) is 12.1 Å². The molecule has 0 aliphatic heterocycles. The molecule has 0 heterocycles. The molecule has 1 rings (SSSR count). The zero-order valence-corrected chi connectivity index (χ0v) is 10.1. The summed E-state index contributed by atoms with van der Waals surface area (Å²) in [6, 6.07) is 4.72. The van der Waals surface area contributed by atoms with Gasteiger partial charge in [-0.1, -0.05) is 6.07 Å². The molecule has 1 aromatic rings. The Labute approximate surface area is 104 Å². The number of alkyl halides is 3. The van der Waals surface area contributed by atoms with E-state index in [1.54, 1.807) is 0 Å². The molecule has 92 valence electrons. The van der Waals surface area contributed by atoms with Crippen LogP contribution in [0, 0.1) is 5.41 Å². The molecule has 0 atom stereocenters. The summed E-state index contributed by atoms with van der Waals surface area (Å²) in [7, 11) is 0. The fourth-order valence-electron chi connectivity index (χ4n) is 1.01. The van der Waals surface area contributed by atoms with Gasteiger partial charge in [0, 0.05) is 11.9 Å². The third-order valence-electron chi connectivity index (χ3n) is 1.81. The summed E-state index contributed by atoms with van der Waals surface area (Å²) >= 11 is 2.98. The normalized spacial score (nSPS) is 12.4. The van der Waals surface area contributed by atoms with Gasteiger partial charge in [0.25, 0.3) is 0 Å². The smallest absolute Gasteiger partial charge is 0.383 e. The number of nitrogens with one attached hydrogen (secondary N) is 2. The van der Waals surface area contributed by atoms with Crippen molar-refractivity contribution in [2.24, 2.45) is 5.73 Å². The fraction of sp³-hybridized carbons (Fsp3) is 0.100. The first-order chi connectivity index (χ1) is 7.80. The van der Waals surface area contributed by atoms with Crippen molar-refractivity contribution in [3.05, 3.63) is 40.5 Å². The van der Waals surface area contributed by atoms with Crippen molar-refractivity contribution in [3.63, 3.8) is 0 Å². The molecule has 0 aromatic heterocycles. The molecule has 0 saturated carbocycles. The largest absolute Gasteiger partial charge is 0.416 e. The molecule has 3 nitrogen and oxygen atoms in total. The summed E-state index contributed by atoms with van der Waals surface area (Å²) < 4.78 is 37.4. The second-order valence-electron chi connectivity index (χ2n) is 3.13. The van der Waals surface area contributed by atoms with Gasteiger partial charge in [-0.3, -0.25) is 5.41 Å². The number of anilines is 1. The van der Waals surface area contributed by atoms with Crippen LogP contribution in [0.1, 0.15) is 5.56 Å². The number of nitrogens with two attached hydrogens (primary N) is 1. The molecular formula is C10H9BrF3N3. The maximum atomic E-state index is 12.4. The Balaban J connectivity index is 2.87.